The monoisotopic (exact) mass is 454 g/mol. The van der Waals surface area contributed by atoms with Crippen molar-refractivity contribution in [1.29, 1.82) is 0 Å². The van der Waals surface area contributed by atoms with E-state index >= 15 is 0 Å². The van der Waals surface area contributed by atoms with Gasteiger partial charge in [-0.25, -0.2) is 18.3 Å². The molecule has 0 radical (unpaired) electrons. The number of benzene rings is 1. The Balaban J connectivity index is 1.49. The van der Waals surface area contributed by atoms with Crippen LogP contribution in [-0.2, 0) is 6.54 Å². The molecule has 3 heterocycles. The van der Waals surface area contributed by atoms with Gasteiger partial charge in [0.15, 0.2) is 0 Å². The van der Waals surface area contributed by atoms with E-state index in [1.807, 2.05) is 30.5 Å². The lowest BCUT2D eigenvalue weighted by molar-refractivity contribution is 0.128. The number of nitrogens with one attached hydrogen (secondary N) is 1. The van der Waals surface area contributed by atoms with Gasteiger partial charge in [0.25, 0.3) is 6.43 Å². The summed E-state index contributed by atoms with van der Waals surface area (Å²) in [7, 11) is 1.59. The number of fused-ring (bicyclic) bond motifs is 2. The van der Waals surface area contributed by atoms with Gasteiger partial charge in [-0.3, -0.25) is 0 Å². The van der Waals surface area contributed by atoms with E-state index in [1.165, 1.54) is 23.7 Å². The summed E-state index contributed by atoms with van der Waals surface area (Å²) in [4.78, 5) is 8.87. The number of hydrogen-bond acceptors (Lipinski definition) is 5. The summed E-state index contributed by atoms with van der Waals surface area (Å²) in [5.41, 5.74) is 4.18. The molecule has 1 aliphatic rings. The third-order valence-corrected chi connectivity index (χ3v) is 6.61. The van der Waals surface area contributed by atoms with Crippen molar-refractivity contribution in [3.05, 3.63) is 36.8 Å². The standard InChI is InChI=1S/C24H28F2N6O/c1-24(2)9-6-16(7-10-24)28-23-29-22(33-3)21-17(8-11-32(21)30-23)15-4-5-18-19(12-15)31(14-27-18)13-20(25)26/h4-5,8,11-12,14,16,20H,6-7,9-10,13H2,1-3H3,(H,28,30). The predicted molar refractivity (Wildman–Crippen MR) is 124 cm³/mol. The molecule has 5 rings (SSSR count). The maximum absolute atomic E-state index is 13.0. The van der Waals surface area contributed by atoms with E-state index in [4.69, 9.17) is 4.74 Å². The Hall–Kier alpha value is -3.23. The molecule has 0 atom stereocenters. The van der Waals surface area contributed by atoms with Gasteiger partial charge in [-0.1, -0.05) is 19.9 Å². The van der Waals surface area contributed by atoms with E-state index in [0.717, 1.165) is 29.5 Å². The number of nitrogens with zero attached hydrogens (tertiary/aromatic N) is 5. The minimum absolute atomic E-state index is 0.341. The zero-order valence-corrected chi connectivity index (χ0v) is 19.1. The molecule has 33 heavy (non-hydrogen) atoms. The van der Waals surface area contributed by atoms with Crippen LogP contribution in [0.2, 0.25) is 0 Å². The first-order valence-electron chi connectivity index (χ1n) is 11.3. The number of halogens is 2. The van der Waals surface area contributed by atoms with E-state index < -0.39 is 13.0 Å². The second kappa shape index (κ2) is 8.28. The number of rotatable bonds is 6. The molecule has 1 saturated carbocycles. The highest BCUT2D eigenvalue weighted by molar-refractivity contribution is 5.89. The molecule has 1 fully saturated rings. The van der Waals surface area contributed by atoms with E-state index in [2.05, 4.69) is 34.2 Å². The number of aromatic nitrogens is 5. The van der Waals surface area contributed by atoms with Gasteiger partial charge in [0.2, 0.25) is 11.8 Å². The van der Waals surface area contributed by atoms with Gasteiger partial charge in [0.05, 0.1) is 31.0 Å². The lowest BCUT2D eigenvalue weighted by Crippen LogP contribution is -2.30. The molecular formula is C24H28F2N6O. The van der Waals surface area contributed by atoms with Gasteiger partial charge in [0, 0.05) is 17.8 Å². The Labute approximate surface area is 190 Å². The third kappa shape index (κ3) is 4.24. The fourth-order valence-corrected chi connectivity index (χ4v) is 4.67. The van der Waals surface area contributed by atoms with Crippen molar-refractivity contribution in [2.24, 2.45) is 5.41 Å². The Morgan fingerprint density at radius 3 is 2.73 bits per heavy atom. The molecule has 1 aliphatic carbocycles. The van der Waals surface area contributed by atoms with Crippen molar-refractivity contribution in [2.45, 2.75) is 58.5 Å². The molecule has 0 unspecified atom stereocenters. The normalized spacial score (nSPS) is 16.7. The Bertz CT molecular complexity index is 1290. The zero-order valence-electron chi connectivity index (χ0n) is 19.1. The quantitative estimate of drug-likeness (QED) is 0.422. The summed E-state index contributed by atoms with van der Waals surface area (Å²) in [6.45, 7) is 4.23. The average Bonchev–Trinajstić information content (AvgIpc) is 3.38. The largest absolute Gasteiger partial charge is 0.479 e. The van der Waals surface area contributed by atoms with E-state index in [0.29, 0.717) is 34.3 Å². The molecule has 1 aromatic carbocycles. The van der Waals surface area contributed by atoms with Crippen LogP contribution in [-0.4, -0.2) is 43.7 Å². The summed E-state index contributed by atoms with van der Waals surface area (Å²) in [6.07, 6.45) is 5.37. The Morgan fingerprint density at radius 1 is 1.21 bits per heavy atom. The van der Waals surface area contributed by atoms with Crippen LogP contribution in [0.1, 0.15) is 39.5 Å². The molecular weight excluding hydrogens is 426 g/mol. The first kappa shape index (κ1) is 21.6. The molecule has 4 aromatic rings. The molecule has 0 saturated heterocycles. The van der Waals surface area contributed by atoms with Crippen LogP contribution in [0.15, 0.2) is 36.8 Å². The fraction of sp³-hybridized carbons (Fsp3) is 0.458. The molecule has 0 aliphatic heterocycles. The van der Waals surface area contributed by atoms with Crippen LogP contribution in [0.4, 0.5) is 14.7 Å². The summed E-state index contributed by atoms with van der Waals surface area (Å²) in [5, 5.41) is 8.14. The number of methoxy groups -OCH3 is 1. The van der Waals surface area contributed by atoms with Crippen LogP contribution in [0.5, 0.6) is 5.88 Å². The predicted octanol–water partition coefficient (Wildman–Crippen LogP) is 5.40. The van der Waals surface area contributed by atoms with Gasteiger partial charge in [-0.2, -0.15) is 4.98 Å². The van der Waals surface area contributed by atoms with Crippen molar-refractivity contribution in [3.63, 3.8) is 0 Å². The van der Waals surface area contributed by atoms with Crippen LogP contribution in [0.3, 0.4) is 0 Å². The first-order chi connectivity index (χ1) is 15.8. The third-order valence-electron chi connectivity index (χ3n) is 6.61. The van der Waals surface area contributed by atoms with Crippen LogP contribution in [0, 0.1) is 5.41 Å². The highest BCUT2D eigenvalue weighted by Crippen LogP contribution is 2.37. The Morgan fingerprint density at radius 2 is 2.00 bits per heavy atom. The van der Waals surface area contributed by atoms with Crippen molar-refractivity contribution in [1.82, 2.24) is 24.1 Å². The lowest BCUT2D eigenvalue weighted by atomic mass is 9.76. The summed E-state index contributed by atoms with van der Waals surface area (Å²) in [6, 6.07) is 7.91. The number of imidazole rings is 1. The molecule has 174 valence electrons. The number of alkyl halides is 2. The van der Waals surface area contributed by atoms with Crippen LogP contribution in [0.25, 0.3) is 27.7 Å². The van der Waals surface area contributed by atoms with Gasteiger partial charge < -0.3 is 14.6 Å². The number of hydrogen-bond donors (Lipinski definition) is 1. The van der Waals surface area contributed by atoms with Crippen LogP contribution >= 0.6 is 0 Å². The van der Waals surface area contributed by atoms with E-state index in [9.17, 15) is 8.78 Å². The van der Waals surface area contributed by atoms with Gasteiger partial charge in [-0.15, -0.1) is 5.10 Å². The lowest BCUT2D eigenvalue weighted by Gasteiger charge is -2.34. The molecule has 3 aromatic heterocycles. The summed E-state index contributed by atoms with van der Waals surface area (Å²) >= 11 is 0. The molecule has 0 amide bonds. The van der Waals surface area contributed by atoms with Gasteiger partial charge in [0.1, 0.15) is 5.52 Å². The molecule has 0 bridgehead atoms. The zero-order chi connectivity index (χ0) is 23.2. The topological polar surface area (TPSA) is 69.3 Å². The van der Waals surface area contributed by atoms with Crippen molar-refractivity contribution in [3.8, 4) is 17.0 Å². The maximum Gasteiger partial charge on any atom is 0.256 e. The molecule has 9 heteroatoms. The fourth-order valence-electron chi connectivity index (χ4n) is 4.67. The minimum Gasteiger partial charge on any atom is -0.479 e. The number of ether oxygens (including phenoxy) is 1. The van der Waals surface area contributed by atoms with Gasteiger partial charge in [-0.05, 0) is 54.9 Å². The van der Waals surface area contributed by atoms with Crippen molar-refractivity contribution >= 4 is 22.5 Å². The minimum atomic E-state index is -2.45. The molecule has 0 spiro atoms. The van der Waals surface area contributed by atoms with Gasteiger partial charge >= 0.3 is 0 Å². The summed E-state index contributed by atoms with van der Waals surface area (Å²) < 4.78 is 34.8. The maximum atomic E-state index is 13.0. The first-order valence-corrected chi connectivity index (χ1v) is 11.3. The number of anilines is 1. The van der Waals surface area contributed by atoms with E-state index in [-0.39, 0.29) is 0 Å². The second-order valence-corrected chi connectivity index (χ2v) is 9.54. The van der Waals surface area contributed by atoms with Crippen molar-refractivity contribution in [2.75, 3.05) is 12.4 Å². The second-order valence-electron chi connectivity index (χ2n) is 9.54. The Kier molecular flexibility index (Phi) is 5.42. The van der Waals surface area contributed by atoms with Crippen LogP contribution < -0.4 is 10.1 Å². The average molecular weight is 455 g/mol. The van der Waals surface area contributed by atoms with Crippen molar-refractivity contribution < 1.29 is 13.5 Å². The smallest absolute Gasteiger partial charge is 0.256 e. The van der Waals surface area contributed by atoms with E-state index in [1.54, 1.807) is 11.6 Å². The highest BCUT2D eigenvalue weighted by atomic mass is 19.3. The summed E-state index contributed by atoms with van der Waals surface area (Å²) in [5.74, 6) is 1.00. The highest BCUT2D eigenvalue weighted by Gasteiger charge is 2.27. The molecule has 1 N–H and O–H groups in total. The molecule has 7 nitrogen and oxygen atoms in total. The SMILES string of the molecule is COc1nc(NC2CCC(C)(C)CC2)nn2ccc(-c3ccc4ncn(CC(F)F)c4c3)c12.